The largest absolute Gasteiger partial charge is 0.464 e. The normalized spacial score (nSPS) is 24.3. The lowest BCUT2D eigenvalue weighted by Crippen LogP contribution is -2.26. The Morgan fingerprint density at radius 1 is 1.41 bits per heavy atom. The molecule has 2 aromatic rings. The molecule has 90 valence electrons. The number of pyridine rings is 1. The van der Waals surface area contributed by atoms with Gasteiger partial charge in [0.25, 0.3) is 0 Å². The van der Waals surface area contributed by atoms with Crippen molar-refractivity contribution in [2.24, 2.45) is 5.92 Å². The number of nitrogens with zero attached hydrogens (tertiary/aromatic N) is 1. The first-order chi connectivity index (χ1) is 8.38. The Kier molecular flexibility index (Phi) is 2.73. The molecule has 0 amide bonds. The van der Waals surface area contributed by atoms with E-state index >= 15 is 0 Å². The van der Waals surface area contributed by atoms with Gasteiger partial charge in [0.1, 0.15) is 11.4 Å². The molecule has 0 saturated heterocycles. The highest BCUT2D eigenvalue weighted by Crippen LogP contribution is 2.30. The number of aliphatic hydroxyl groups is 1. The molecule has 1 aliphatic carbocycles. The summed E-state index contributed by atoms with van der Waals surface area (Å²) in [6.45, 7) is 0.249. The number of fused-ring (bicyclic) bond motifs is 1. The van der Waals surface area contributed by atoms with Crippen molar-refractivity contribution in [3.63, 3.8) is 0 Å². The third-order valence-corrected chi connectivity index (χ3v) is 3.60. The smallest absolute Gasteiger partial charge is 0.139 e. The van der Waals surface area contributed by atoms with Gasteiger partial charge in [-0.2, -0.15) is 0 Å². The molecule has 0 bridgehead atoms. The summed E-state index contributed by atoms with van der Waals surface area (Å²) in [5.74, 6) is 1.21. The van der Waals surface area contributed by atoms with E-state index < -0.39 is 0 Å². The second kappa shape index (κ2) is 4.37. The zero-order chi connectivity index (χ0) is 11.7. The standard InChI is InChI=1S/C13H16N2O2/c16-8-9-2-1-3-11(9)15-13-10-5-7-17-12(10)4-6-14-13/h4-7,9,11,16H,1-3,8H2,(H,14,15). The molecule has 0 spiro atoms. The molecule has 4 nitrogen and oxygen atoms in total. The molecule has 1 saturated carbocycles. The van der Waals surface area contributed by atoms with Crippen LogP contribution < -0.4 is 5.32 Å². The predicted octanol–water partition coefficient (Wildman–Crippen LogP) is 2.40. The van der Waals surface area contributed by atoms with Gasteiger partial charge in [0.15, 0.2) is 0 Å². The Balaban J connectivity index is 1.87. The molecular weight excluding hydrogens is 216 g/mol. The molecule has 2 heterocycles. The van der Waals surface area contributed by atoms with Crippen LogP contribution in [-0.4, -0.2) is 22.7 Å². The molecule has 1 fully saturated rings. The van der Waals surface area contributed by atoms with Crippen LogP contribution in [0.4, 0.5) is 5.82 Å². The topological polar surface area (TPSA) is 58.3 Å². The Morgan fingerprint density at radius 2 is 2.35 bits per heavy atom. The van der Waals surface area contributed by atoms with E-state index in [1.165, 1.54) is 6.42 Å². The van der Waals surface area contributed by atoms with Crippen LogP contribution in [0.1, 0.15) is 19.3 Å². The molecule has 3 rings (SSSR count). The van der Waals surface area contributed by atoms with Crippen molar-refractivity contribution in [3.8, 4) is 0 Å². The Bertz CT molecular complexity index is 509. The number of furan rings is 1. The summed E-state index contributed by atoms with van der Waals surface area (Å²) < 4.78 is 5.35. The van der Waals surface area contributed by atoms with Crippen LogP contribution in [0.2, 0.25) is 0 Å². The highest BCUT2D eigenvalue weighted by atomic mass is 16.3. The van der Waals surface area contributed by atoms with Gasteiger partial charge in [-0.1, -0.05) is 6.42 Å². The molecular formula is C13H16N2O2. The van der Waals surface area contributed by atoms with Gasteiger partial charge in [0, 0.05) is 24.8 Å². The number of rotatable bonds is 3. The van der Waals surface area contributed by atoms with E-state index in [4.69, 9.17) is 4.42 Å². The zero-order valence-electron chi connectivity index (χ0n) is 9.60. The van der Waals surface area contributed by atoms with Gasteiger partial charge >= 0.3 is 0 Å². The SMILES string of the molecule is OCC1CCCC1Nc1nccc2occc12. The first kappa shape index (κ1) is 10.6. The third-order valence-electron chi connectivity index (χ3n) is 3.60. The molecule has 2 atom stereocenters. The van der Waals surface area contributed by atoms with Gasteiger partial charge in [-0.05, 0) is 25.0 Å². The molecule has 0 aromatic carbocycles. The van der Waals surface area contributed by atoms with Gasteiger partial charge in [0.2, 0.25) is 0 Å². The van der Waals surface area contributed by atoms with E-state index in [9.17, 15) is 5.11 Å². The lowest BCUT2D eigenvalue weighted by Gasteiger charge is -2.19. The van der Waals surface area contributed by atoms with Crippen molar-refractivity contribution in [3.05, 3.63) is 24.6 Å². The van der Waals surface area contributed by atoms with E-state index in [0.717, 1.165) is 29.6 Å². The summed E-state index contributed by atoms with van der Waals surface area (Å²) in [5.41, 5.74) is 0.848. The van der Waals surface area contributed by atoms with Crippen LogP contribution in [0.15, 0.2) is 29.0 Å². The van der Waals surface area contributed by atoms with Crippen LogP contribution in [0.25, 0.3) is 11.0 Å². The van der Waals surface area contributed by atoms with Crippen molar-refractivity contribution in [1.82, 2.24) is 4.98 Å². The van der Waals surface area contributed by atoms with Crippen LogP contribution in [-0.2, 0) is 0 Å². The highest BCUT2D eigenvalue weighted by Gasteiger charge is 2.27. The Labute approximate surface area is 99.7 Å². The number of nitrogens with one attached hydrogen (secondary N) is 1. The van der Waals surface area contributed by atoms with Crippen LogP contribution in [0, 0.1) is 5.92 Å². The average molecular weight is 232 g/mol. The number of anilines is 1. The fourth-order valence-electron chi connectivity index (χ4n) is 2.63. The maximum atomic E-state index is 9.31. The van der Waals surface area contributed by atoms with E-state index in [1.807, 2.05) is 12.1 Å². The van der Waals surface area contributed by atoms with Gasteiger partial charge in [-0.3, -0.25) is 0 Å². The Morgan fingerprint density at radius 3 is 3.24 bits per heavy atom. The van der Waals surface area contributed by atoms with Gasteiger partial charge in [-0.25, -0.2) is 4.98 Å². The summed E-state index contributed by atoms with van der Waals surface area (Å²) in [4.78, 5) is 4.36. The fourth-order valence-corrected chi connectivity index (χ4v) is 2.63. The predicted molar refractivity (Wildman–Crippen MR) is 65.8 cm³/mol. The number of aliphatic hydroxyl groups excluding tert-OH is 1. The lowest BCUT2D eigenvalue weighted by molar-refractivity contribution is 0.222. The van der Waals surface area contributed by atoms with Gasteiger partial charge in [-0.15, -0.1) is 0 Å². The summed E-state index contributed by atoms with van der Waals surface area (Å²) >= 11 is 0. The maximum absolute atomic E-state index is 9.31. The fraction of sp³-hybridized carbons (Fsp3) is 0.462. The first-order valence-corrected chi connectivity index (χ1v) is 6.08. The van der Waals surface area contributed by atoms with Crippen molar-refractivity contribution in [2.75, 3.05) is 11.9 Å². The number of hydrogen-bond donors (Lipinski definition) is 2. The molecule has 2 N–H and O–H groups in total. The lowest BCUT2D eigenvalue weighted by atomic mass is 10.1. The number of hydrogen-bond acceptors (Lipinski definition) is 4. The summed E-state index contributed by atoms with van der Waals surface area (Å²) in [6, 6.07) is 4.11. The molecule has 4 heteroatoms. The highest BCUT2D eigenvalue weighted by molar-refractivity contribution is 5.87. The van der Waals surface area contributed by atoms with Gasteiger partial charge in [0.05, 0.1) is 11.6 Å². The number of aromatic nitrogens is 1. The second-order valence-electron chi connectivity index (χ2n) is 4.62. The third kappa shape index (κ3) is 1.89. The Hall–Kier alpha value is -1.55. The molecule has 0 radical (unpaired) electrons. The van der Waals surface area contributed by atoms with Gasteiger partial charge < -0.3 is 14.8 Å². The summed E-state index contributed by atoms with van der Waals surface area (Å²) in [5, 5.41) is 13.8. The molecule has 17 heavy (non-hydrogen) atoms. The summed E-state index contributed by atoms with van der Waals surface area (Å²) in [7, 11) is 0. The maximum Gasteiger partial charge on any atom is 0.139 e. The molecule has 2 unspecified atom stereocenters. The van der Waals surface area contributed by atoms with Crippen molar-refractivity contribution in [2.45, 2.75) is 25.3 Å². The molecule has 1 aliphatic rings. The van der Waals surface area contributed by atoms with Crippen molar-refractivity contribution >= 4 is 16.8 Å². The van der Waals surface area contributed by atoms with E-state index in [-0.39, 0.29) is 6.61 Å². The average Bonchev–Trinajstić information content (AvgIpc) is 2.97. The monoisotopic (exact) mass is 232 g/mol. The van der Waals surface area contributed by atoms with Crippen molar-refractivity contribution < 1.29 is 9.52 Å². The minimum Gasteiger partial charge on any atom is -0.464 e. The summed E-state index contributed by atoms with van der Waals surface area (Å²) in [6.07, 6.45) is 6.79. The van der Waals surface area contributed by atoms with Crippen LogP contribution >= 0.6 is 0 Å². The second-order valence-corrected chi connectivity index (χ2v) is 4.62. The minimum absolute atomic E-state index is 0.249. The van der Waals surface area contributed by atoms with E-state index in [2.05, 4.69) is 10.3 Å². The quantitative estimate of drug-likeness (QED) is 0.853. The van der Waals surface area contributed by atoms with E-state index in [0.29, 0.717) is 12.0 Å². The van der Waals surface area contributed by atoms with Crippen molar-refractivity contribution in [1.29, 1.82) is 0 Å². The first-order valence-electron chi connectivity index (χ1n) is 6.08. The van der Waals surface area contributed by atoms with Crippen LogP contribution in [0.3, 0.4) is 0 Å². The van der Waals surface area contributed by atoms with Crippen LogP contribution in [0.5, 0.6) is 0 Å². The minimum atomic E-state index is 0.249. The van der Waals surface area contributed by atoms with E-state index in [1.54, 1.807) is 12.5 Å². The molecule has 0 aliphatic heterocycles. The zero-order valence-corrected chi connectivity index (χ0v) is 9.60. The molecule has 2 aromatic heterocycles.